The number of rotatable bonds is 14. The summed E-state index contributed by atoms with van der Waals surface area (Å²) in [4.78, 5) is 46.0. The van der Waals surface area contributed by atoms with Crippen LogP contribution in [0.2, 0.25) is 10.0 Å². The van der Waals surface area contributed by atoms with Gasteiger partial charge in [0, 0.05) is 46.0 Å². The molecule has 1 saturated heterocycles. The Bertz CT molecular complexity index is 1910. The van der Waals surface area contributed by atoms with Crippen molar-refractivity contribution in [3.63, 3.8) is 0 Å². The van der Waals surface area contributed by atoms with Gasteiger partial charge in [-0.2, -0.15) is 0 Å². The monoisotopic (exact) mass is 819 g/mol. The Kier molecular flexibility index (Phi) is 18.0. The van der Waals surface area contributed by atoms with Crippen molar-refractivity contribution in [2.24, 2.45) is 0 Å². The quantitative estimate of drug-likeness (QED) is 0.0719. The summed E-state index contributed by atoms with van der Waals surface area (Å²) in [7, 11) is 2.22. The third-order valence-corrected chi connectivity index (χ3v) is 9.54. The topological polar surface area (TPSA) is 140 Å². The highest BCUT2D eigenvalue weighted by Gasteiger charge is 2.33. The molecule has 2 N–H and O–H groups in total. The van der Waals surface area contributed by atoms with E-state index in [1.807, 2.05) is 18.2 Å². The zero-order valence-corrected chi connectivity index (χ0v) is 34.6. The van der Waals surface area contributed by atoms with Crippen LogP contribution < -0.4 is 4.74 Å². The molecular formula is C45H51Cl2NO9. The van der Waals surface area contributed by atoms with E-state index in [2.05, 4.69) is 55.3 Å². The zero-order chi connectivity index (χ0) is 42.2. The van der Waals surface area contributed by atoms with E-state index < -0.39 is 29.1 Å². The number of carboxylic acid groups (broad SMARTS) is 2. The lowest BCUT2D eigenvalue weighted by Crippen LogP contribution is -2.40. The minimum absolute atomic E-state index is 0.110. The molecule has 2 unspecified atom stereocenters. The first-order valence-electron chi connectivity index (χ1n) is 18.5. The molecule has 2 atom stereocenters. The maximum atomic E-state index is 12.4. The number of nitrogens with zero attached hydrogens (tertiary/aromatic N) is 1. The van der Waals surface area contributed by atoms with E-state index in [1.165, 1.54) is 24.9 Å². The van der Waals surface area contributed by atoms with Gasteiger partial charge in [-0.3, -0.25) is 4.79 Å². The summed E-state index contributed by atoms with van der Waals surface area (Å²) in [5.41, 5.74) is 1.82. The number of esters is 1. The average molecular weight is 821 g/mol. The molecule has 1 aliphatic heterocycles. The predicted molar refractivity (Wildman–Crippen MR) is 222 cm³/mol. The van der Waals surface area contributed by atoms with Crippen molar-refractivity contribution in [2.45, 2.75) is 77.2 Å². The van der Waals surface area contributed by atoms with Gasteiger partial charge in [0.2, 0.25) is 0 Å². The molecule has 1 heterocycles. The molecule has 12 heteroatoms. The van der Waals surface area contributed by atoms with Crippen molar-refractivity contribution in [3.05, 3.63) is 148 Å². The Morgan fingerprint density at radius 2 is 1.26 bits per heavy atom. The molecule has 4 aromatic carbocycles. The first kappa shape index (κ1) is 46.4. The molecule has 304 valence electrons. The third-order valence-electron chi connectivity index (χ3n) is 9.03. The van der Waals surface area contributed by atoms with Crippen molar-refractivity contribution in [1.82, 2.24) is 4.90 Å². The van der Waals surface area contributed by atoms with Crippen LogP contribution in [0.15, 0.2) is 115 Å². The van der Waals surface area contributed by atoms with Gasteiger partial charge in [0.25, 0.3) is 0 Å². The summed E-state index contributed by atoms with van der Waals surface area (Å²) in [5, 5.41) is 17.0. The molecule has 5 rings (SSSR count). The van der Waals surface area contributed by atoms with Gasteiger partial charge < -0.3 is 29.3 Å². The molecule has 0 amide bonds. The van der Waals surface area contributed by atoms with Crippen LogP contribution in [0.3, 0.4) is 0 Å². The standard InChI is InChI=1S/C21H26ClNO.C20H21ClO4.C4H4O4/c1-21(17-7-4-3-5-8-17,18-10-12-19(22)13-11-18)24-16-14-20-9-6-15-23(20)2;1-13(2)24-19(23)20(3,4)25-17-11-7-15(8-12-17)18(22)14-5-9-16(21)10-6-14;5-3(6)1-2-4(7)8/h3-5,7-8,10-13,20H,6,9,14-16H2,1-2H3;5-13H,1-4H3;1-2H,(H,5,6)(H,7,8). The van der Waals surface area contributed by atoms with Gasteiger partial charge in [-0.05, 0) is 139 Å². The van der Waals surface area contributed by atoms with Gasteiger partial charge in [-0.15, -0.1) is 0 Å². The fourth-order valence-corrected chi connectivity index (χ4v) is 6.13. The maximum absolute atomic E-state index is 12.4. The summed E-state index contributed by atoms with van der Waals surface area (Å²) in [5.74, 6) is -2.58. The van der Waals surface area contributed by atoms with Gasteiger partial charge in [-0.25, -0.2) is 14.4 Å². The molecule has 0 aliphatic carbocycles. The van der Waals surface area contributed by atoms with Gasteiger partial charge in [0.15, 0.2) is 11.4 Å². The Labute approximate surface area is 345 Å². The minimum atomic E-state index is -1.26. The van der Waals surface area contributed by atoms with Crippen molar-refractivity contribution >= 4 is 46.9 Å². The van der Waals surface area contributed by atoms with E-state index in [1.54, 1.807) is 76.2 Å². The molecule has 1 aliphatic rings. The lowest BCUT2D eigenvalue weighted by molar-refractivity contribution is -0.163. The molecule has 57 heavy (non-hydrogen) atoms. The summed E-state index contributed by atoms with van der Waals surface area (Å²) >= 11 is 11.9. The Hall–Kier alpha value is -5.00. The molecule has 0 saturated carbocycles. The molecule has 0 radical (unpaired) electrons. The highest BCUT2D eigenvalue weighted by Crippen LogP contribution is 2.34. The number of aliphatic carboxylic acids is 2. The molecule has 4 aromatic rings. The van der Waals surface area contributed by atoms with E-state index in [0.717, 1.165) is 23.6 Å². The van der Waals surface area contributed by atoms with Gasteiger partial charge in [0.05, 0.1) is 6.10 Å². The largest absolute Gasteiger partial charge is 0.478 e. The molecule has 0 aromatic heterocycles. The van der Waals surface area contributed by atoms with Crippen LogP contribution >= 0.6 is 23.2 Å². The number of benzene rings is 4. The van der Waals surface area contributed by atoms with Gasteiger partial charge >= 0.3 is 17.9 Å². The smallest absolute Gasteiger partial charge is 0.350 e. The number of carbonyl (C=O) groups excluding carboxylic acids is 2. The Morgan fingerprint density at radius 3 is 1.74 bits per heavy atom. The van der Waals surface area contributed by atoms with Crippen LogP contribution in [0.25, 0.3) is 0 Å². The SMILES string of the molecule is CC(C)OC(=O)C(C)(C)Oc1ccc(C(=O)c2ccc(Cl)cc2)cc1.CN1CCCC1CCOC(C)(c1ccccc1)c1ccc(Cl)cc1.O=C(O)C=CC(=O)O. The summed E-state index contributed by atoms with van der Waals surface area (Å²) in [6, 6.07) is 32.5. The van der Waals surface area contributed by atoms with E-state index in [4.69, 9.17) is 47.6 Å². The van der Waals surface area contributed by atoms with Crippen LogP contribution in [0, 0.1) is 0 Å². The fraction of sp³-hybridized carbons (Fsp3) is 0.333. The van der Waals surface area contributed by atoms with Crippen LogP contribution in [0.5, 0.6) is 5.75 Å². The van der Waals surface area contributed by atoms with E-state index in [-0.39, 0.29) is 11.9 Å². The third kappa shape index (κ3) is 15.1. The van der Waals surface area contributed by atoms with Crippen LogP contribution in [0.4, 0.5) is 0 Å². The highest BCUT2D eigenvalue weighted by atomic mass is 35.5. The molecule has 10 nitrogen and oxygen atoms in total. The number of carboxylic acids is 2. The number of hydrogen-bond acceptors (Lipinski definition) is 8. The maximum Gasteiger partial charge on any atom is 0.350 e. The van der Waals surface area contributed by atoms with Gasteiger partial charge in [0.1, 0.15) is 11.4 Å². The van der Waals surface area contributed by atoms with E-state index >= 15 is 0 Å². The van der Waals surface area contributed by atoms with Crippen LogP contribution in [-0.2, 0) is 29.5 Å². The lowest BCUT2D eigenvalue weighted by Gasteiger charge is -2.32. The number of ether oxygens (including phenoxy) is 3. The van der Waals surface area contributed by atoms with Crippen molar-refractivity contribution < 1.29 is 43.6 Å². The second kappa shape index (κ2) is 22.1. The van der Waals surface area contributed by atoms with Gasteiger partial charge in [-0.1, -0.05) is 65.7 Å². The normalized spacial score (nSPS) is 15.1. The fourth-order valence-electron chi connectivity index (χ4n) is 5.88. The number of ketones is 1. The summed E-state index contributed by atoms with van der Waals surface area (Å²) < 4.78 is 17.4. The molecule has 1 fully saturated rings. The van der Waals surface area contributed by atoms with Crippen molar-refractivity contribution in [1.29, 1.82) is 0 Å². The van der Waals surface area contributed by atoms with Crippen molar-refractivity contribution in [3.8, 4) is 5.75 Å². The number of likely N-dealkylation sites (tertiary alicyclic amines) is 1. The first-order valence-corrected chi connectivity index (χ1v) is 19.3. The van der Waals surface area contributed by atoms with E-state index in [0.29, 0.717) is 40.1 Å². The highest BCUT2D eigenvalue weighted by molar-refractivity contribution is 6.31. The lowest BCUT2D eigenvalue weighted by atomic mass is 9.88. The Morgan fingerprint density at radius 1 is 0.772 bits per heavy atom. The number of hydrogen-bond donors (Lipinski definition) is 2. The zero-order valence-electron chi connectivity index (χ0n) is 33.1. The second-order valence-corrected chi connectivity index (χ2v) is 15.1. The first-order chi connectivity index (χ1) is 26.9. The Balaban J connectivity index is 0.000000257. The minimum Gasteiger partial charge on any atom is -0.478 e. The summed E-state index contributed by atoms with van der Waals surface area (Å²) in [6.07, 6.45) is 4.56. The van der Waals surface area contributed by atoms with E-state index in [9.17, 15) is 19.2 Å². The second-order valence-electron chi connectivity index (χ2n) is 14.3. The predicted octanol–water partition coefficient (Wildman–Crippen LogP) is 9.50. The molecule has 0 spiro atoms. The number of carbonyl (C=O) groups is 4. The molecule has 0 bridgehead atoms. The molecular weight excluding hydrogens is 769 g/mol. The van der Waals surface area contributed by atoms with Crippen LogP contribution in [0.1, 0.15) is 80.9 Å². The van der Waals surface area contributed by atoms with Crippen molar-refractivity contribution in [2.75, 3.05) is 20.2 Å². The number of halogens is 2. The average Bonchev–Trinajstić information content (AvgIpc) is 3.59. The summed E-state index contributed by atoms with van der Waals surface area (Å²) in [6.45, 7) is 11.0. The van der Waals surface area contributed by atoms with Crippen LogP contribution in [-0.4, -0.2) is 76.8 Å².